The molecule has 1 aliphatic rings. The average molecular weight is 440 g/mol. The number of hydrogen-bond donors (Lipinski definition) is 2. The molecule has 4 N–H and O–H groups in total. The van der Waals surface area contributed by atoms with E-state index in [0.29, 0.717) is 11.1 Å². The fourth-order valence-corrected chi connectivity index (χ4v) is 3.89. The highest BCUT2D eigenvalue weighted by molar-refractivity contribution is 6.04. The van der Waals surface area contributed by atoms with E-state index in [-0.39, 0.29) is 28.4 Å². The molecule has 0 saturated carbocycles. The number of halogens is 3. The minimum Gasteiger partial charge on any atom is -0.384 e. The topological polar surface area (TPSA) is 113 Å². The Hall–Kier alpha value is -4.06. The Kier molecular flexibility index (Phi) is 5.82. The molecule has 3 rings (SSSR count). The molecule has 6 nitrogen and oxygen atoms in total. The molecule has 1 atom stereocenters. The summed E-state index contributed by atoms with van der Waals surface area (Å²) >= 11 is 0. The number of ketones is 1. The number of Topliss-reactive ketones (excluding diaryl/α,β-unsaturated/α-hetero) is 1. The molecule has 0 bridgehead atoms. The lowest BCUT2D eigenvalue weighted by Crippen LogP contribution is -2.39. The number of benzene rings is 2. The summed E-state index contributed by atoms with van der Waals surface area (Å²) in [6.07, 6.45) is -4.59. The van der Waals surface area contributed by atoms with E-state index in [4.69, 9.17) is 16.7 Å². The molecule has 1 unspecified atom stereocenters. The van der Waals surface area contributed by atoms with Gasteiger partial charge in [-0.2, -0.15) is 18.4 Å². The number of hydrogen-bond acceptors (Lipinski definition) is 5. The van der Waals surface area contributed by atoms with Crippen molar-refractivity contribution in [1.82, 2.24) is 0 Å². The number of primary amides is 1. The zero-order chi connectivity index (χ0) is 23.8. The Balaban J connectivity index is 2.28. The summed E-state index contributed by atoms with van der Waals surface area (Å²) in [6.45, 7) is 2.83. The van der Waals surface area contributed by atoms with Crippen LogP contribution in [0.2, 0.25) is 0 Å². The number of anilines is 1. The van der Waals surface area contributed by atoms with Crippen molar-refractivity contribution >= 4 is 17.4 Å². The van der Waals surface area contributed by atoms with Gasteiger partial charge in [0.25, 0.3) is 0 Å². The average Bonchev–Trinajstić information content (AvgIpc) is 2.72. The maximum Gasteiger partial charge on any atom is 0.416 e. The zero-order valence-corrected chi connectivity index (χ0v) is 17.2. The number of alkyl halides is 3. The van der Waals surface area contributed by atoms with E-state index >= 15 is 0 Å². The van der Waals surface area contributed by atoms with E-state index in [1.807, 2.05) is 6.07 Å². The second-order valence-corrected chi connectivity index (χ2v) is 7.27. The summed E-state index contributed by atoms with van der Waals surface area (Å²) in [7, 11) is 0. The molecule has 0 spiro atoms. The molecular weight excluding hydrogens is 421 g/mol. The quantitative estimate of drug-likeness (QED) is 0.753. The van der Waals surface area contributed by atoms with Gasteiger partial charge in [-0.1, -0.05) is 18.2 Å². The molecule has 0 aromatic heterocycles. The Labute approximate surface area is 182 Å². The summed E-state index contributed by atoms with van der Waals surface area (Å²) in [5.74, 6) is -2.42. The van der Waals surface area contributed by atoms with E-state index in [1.54, 1.807) is 12.1 Å². The van der Waals surface area contributed by atoms with Gasteiger partial charge >= 0.3 is 6.18 Å². The second-order valence-electron chi connectivity index (χ2n) is 7.27. The summed E-state index contributed by atoms with van der Waals surface area (Å²) in [5, 5.41) is 9.04. The molecule has 32 heavy (non-hydrogen) atoms. The molecule has 0 radical (unpaired) electrons. The number of nitrogens with two attached hydrogens (primary N) is 2. The monoisotopic (exact) mass is 440 g/mol. The molecule has 1 heterocycles. The Bertz CT molecular complexity index is 1170. The maximum atomic E-state index is 13.3. The van der Waals surface area contributed by atoms with Gasteiger partial charge in [-0.3, -0.25) is 9.59 Å². The molecule has 9 heteroatoms. The van der Waals surface area contributed by atoms with Crippen LogP contribution in [0.15, 0.2) is 71.2 Å². The van der Waals surface area contributed by atoms with Crippen LogP contribution in [0.5, 0.6) is 0 Å². The predicted molar refractivity (Wildman–Crippen MR) is 112 cm³/mol. The second kappa shape index (κ2) is 8.23. The number of amides is 1. The number of carbonyl (C=O) groups excluding carboxylic acids is 2. The number of rotatable bonds is 4. The highest BCUT2D eigenvalue weighted by atomic mass is 19.4. The third-order valence-electron chi connectivity index (χ3n) is 5.27. The van der Waals surface area contributed by atoms with Gasteiger partial charge in [-0.15, -0.1) is 0 Å². The minimum absolute atomic E-state index is 0.0330. The highest BCUT2D eigenvalue weighted by Gasteiger charge is 2.39. The Morgan fingerprint density at radius 1 is 1.09 bits per heavy atom. The lowest BCUT2D eigenvalue weighted by Gasteiger charge is -2.37. The molecule has 0 aliphatic carbocycles. The normalized spacial score (nSPS) is 16.8. The van der Waals surface area contributed by atoms with Crippen LogP contribution in [0.4, 0.5) is 18.9 Å². The molecular formula is C23H19F3N4O2. The molecule has 0 fully saturated rings. The molecule has 2 aromatic rings. The highest BCUT2D eigenvalue weighted by Crippen LogP contribution is 2.43. The van der Waals surface area contributed by atoms with Crippen molar-refractivity contribution in [2.45, 2.75) is 25.9 Å². The van der Waals surface area contributed by atoms with Crippen molar-refractivity contribution in [3.05, 3.63) is 87.9 Å². The first-order chi connectivity index (χ1) is 15.0. The number of allylic oxidation sites excluding steroid dienone is 2. The van der Waals surface area contributed by atoms with Gasteiger partial charge < -0.3 is 16.4 Å². The van der Waals surface area contributed by atoms with Crippen LogP contribution in [-0.4, -0.2) is 11.7 Å². The predicted octanol–water partition coefficient (Wildman–Crippen LogP) is 3.70. The van der Waals surface area contributed by atoms with Gasteiger partial charge in [0.2, 0.25) is 5.91 Å². The van der Waals surface area contributed by atoms with Crippen LogP contribution in [-0.2, 0) is 15.8 Å². The standard InChI is InChI=1S/C23H19F3N4O2/c1-12-18(13(2)31)19(15-8-6-14(11-27)7-9-15)20(22(29)32)21(28)30(12)17-5-3-4-16(10-17)23(24,25)26/h3-10,19H,28H2,1-2H3,(H2,29,32). The number of nitrogens with zero attached hydrogens (tertiary/aromatic N) is 2. The van der Waals surface area contributed by atoms with Crippen LogP contribution in [0.3, 0.4) is 0 Å². The van der Waals surface area contributed by atoms with E-state index in [1.165, 1.54) is 43.0 Å². The Morgan fingerprint density at radius 2 is 1.72 bits per heavy atom. The van der Waals surface area contributed by atoms with E-state index in [2.05, 4.69) is 0 Å². The largest absolute Gasteiger partial charge is 0.416 e. The SMILES string of the molecule is CC(=O)C1=C(C)N(c2cccc(C(F)(F)F)c2)C(N)=C(C(N)=O)C1c1ccc(C#N)cc1. The molecule has 2 aromatic carbocycles. The van der Waals surface area contributed by atoms with Crippen molar-refractivity contribution in [3.63, 3.8) is 0 Å². The zero-order valence-electron chi connectivity index (χ0n) is 17.2. The van der Waals surface area contributed by atoms with Crippen LogP contribution >= 0.6 is 0 Å². The number of nitriles is 1. The summed E-state index contributed by atoms with van der Waals surface area (Å²) in [5.41, 5.74) is 12.2. The van der Waals surface area contributed by atoms with Crippen LogP contribution in [0.25, 0.3) is 0 Å². The third kappa shape index (κ3) is 3.95. The Morgan fingerprint density at radius 3 is 2.22 bits per heavy atom. The van der Waals surface area contributed by atoms with Crippen molar-refractivity contribution < 1.29 is 22.8 Å². The van der Waals surface area contributed by atoms with Gasteiger partial charge in [0.1, 0.15) is 5.82 Å². The van der Waals surface area contributed by atoms with Crippen LogP contribution in [0, 0.1) is 11.3 Å². The van der Waals surface area contributed by atoms with E-state index in [0.717, 1.165) is 12.1 Å². The van der Waals surface area contributed by atoms with Crippen LogP contribution < -0.4 is 16.4 Å². The fraction of sp³-hybridized carbons (Fsp3) is 0.174. The summed E-state index contributed by atoms with van der Waals surface area (Å²) in [4.78, 5) is 26.3. The van der Waals surface area contributed by atoms with Gasteiger partial charge in [0.05, 0.1) is 22.8 Å². The van der Waals surface area contributed by atoms with Gasteiger partial charge in [-0.25, -0.2) is 0 Å². The summed E-state index contributed by atoms with van der Waals surface area (Å²) < 4.78 is 39.8. The van der Waals surface area contributed by atoms with Gasteiger partial charge in [-0.05, 0) is 49.7 Å². The smallest absolute Gasteiger partial charge is 0.384 e. The molecule has 0 saturated heterocycles. The summed E-state index contributed by atoms with van der Waals surface area (Å²) in [6, 6.07) is 12.6. The molecule has 1 aliphatic heterocycles. The maximum absolute atomic E-state index is 13.3. The van der Waals surface area contributed by atoms with Gasteiger partial charge in [0.15, 0.2) is 5.78 Å². The van der Waals surface area contributed by atoms with Crippen molar-refractivity contribution in [3.8, 4) is 6.07 Å². The van der Waals surface area contributed by atoms with Crippen molar-refractivity contribution in [2.24, 2.45) is 11.5 Å². The number of carbonyl (C=O) groups is 2. The molecule has 164 valence electrons. The van der Waals surface area contributed by atoms with Gasteiger partial charge in [0, 0.05) is 22.9 Å². The minimum atomic E-state index is -4.59. The van der Waals surface area contributed by atoms with Crippen molar-refractivity contribution in [1.29, 1.82) is 5.26 Å². The first-order valence-electron chi connectivity index (χ1n) is 9.46. The van der Waals surface area contributed by atoms with Crippen molar-refractivity contribution in [2.75, 3.05) is 4.90 Å². The first-order valence-corrected chi connectivity index (χ1v) is 9.46. The third-order valence-corrected chi connectivity index (χ3v) is 5.27. The van der Waals surface area contributed by atoms with Crippen LogP contribution in [0.1, 0.15) is 36.5 Å². The first kappa shape index (κ1) is 22.6. The fourth-order valence-electron chi connectivity index (χ4n) is 3.89. The lowest BCUT2D eigenvalue weighted by atomic mass is 9.78. The molecule has 1 amide bonds. The van der Waals surface area contributed by atoms with E-state index in [9.17, 15) is 22.8 Å². The lowest BCUT2D eigenvalue weighted by molar-refractivity contribution is -0.137. The van der Waals surface area contributed by atoms with E-state index < -0.39 is 29.3 Å².